The van der Waals surface area contributed by atoms with Gasteiger partial charge in [-0.2, -0.15) is 4.31 Å². The third kappa shape index (κ3) is 6.90. The molecule has 2 N–H and O–H groups in total. The number of carbonyl (C=O) groups is 1. The average molecular weight is 532 g/mol. The van der Waals surface area contributed by atoms with E-state index in [1.807, 2.05) is 0 Å². The van der Waals surface area contributed by atoms with Crippen LogP contribution in [0.1, 0.15) is 17.5 Å². The van der Waals surface area contributed by atoms with Crippen LogP contribution in [0.2, 0.25) is 0 Å². The zero-order valence-corrected chi connectivity index (χ0v) is 20.1. The van der Waals surface area contributed by atoms with E-state index >= 15 is 0 Å². The molecular weight excluding hydrogens is 507 g/mol. The normalized spacial score (nSPS) is 16.8. The van der Waals surface area contributed by atoms with E-state index in [4.69, 9.17) is 0 Å². The Morgan fingerprint density at radius 2 is 1.71 bits per heavy atom. The predicted molar refractivity (Wildman–Crippen MR) is 122 cm³/mol. The molecule has 0 saturated carbocycles. The highest BCUT2D eigenvalue weighted by Gasteiger charge is 2.32. The van der Waals surface area contributed by atoms with Gasteiger partial charge in [0.25, 0.3) is 0 Å². The molecule has 1 aliphatic heterocycles. The van der Waals surface area contributed by atoms with Crippen molar-refractivity contribution in [1.82, 2.24) is 14.3 Å². The summed E-state index contributed by atoms with van der Waals surface area (Å²) in [6.45, 7) is 3.37. The van der Waals surface area contributed by atoms with E-state index in [1.165, 1.54) is 28.6 Å². The molecule has 3 rings (SSSR count). The van der Waals surface area contributed by atoms with E-state index < -0.39 is 43.4 Å². The number of rotatable bonds is 10. The lowest BCUT2D eigenvalue weighted by Gasteiger charge is -2.17. The fourth-order valence-electron chi connectivity index (χ4n) is 3.54. The Kier molecular flexibility index (Phi) is 8.36. The van der Waals surface area contributed by atoms with Gasteiger partial charge < -0.3 is 5.32 Å². The molecule has 2 aromatic carbocycles. The highest BCUT2D eigenvalue weighted by atomic mass is 32.2. The molecule has 0 aliphatic carbocycles. The summed E-state index contributed by atoms with van der Waals surface area (Å²) in [7, 11) is -7.40. The lowest BCUT2D eigenvalue weighted by Crippen LogP contribution is -2.32. The first kappa shape index (κ1) is 26.9. The highest BCUT2D eigenvalue weighted by Crippen LogP contribution is 2.24. The Bertz CT molecular complexity index is 1320. The number of sulfonamides is 2. The Labute approximate surface area is 201 Å². The number of benzene rings is 2. The van der Waals surface area contributed by atoms with Gasteiger partial charge in [0.2, 0.25) is 26.0 Å². The molecule has 0 radical (unpaired) electrons. The van der Waals surface area contributed by atoms with Gasteiger partial charge in [0.05, 0.1) is 11.3 Å². The van der Waals surface area contributed by atoms with Gasteiger partial charge >= 0.3 is 0 Å². The van der Waals surface area contributed by atoms with Gasteiger partial charge in [-0.1, -0.05) is 18.7 Å². The summed E-state index contributed by atoms with van der Waals surface area (Å²) in [5, 5.41) is 3.20. The number of halogens is 3. The third-order valence-electron chi connectivity index (χ3n) is 5.53. The number of hydrogen-bond donors (Lipinski definition) is 2. The number of carbonyl (C=O) groups excluding carboxylic acids is 1. The van der Waals surface area contributed by atoms with Crippen LogP contribution in [0.15, 0.2) is 53.3 Å². The van der Waals surface area contributed by atoms with Crippen LogP contribution in [0.25, 0.3) is 0 Å². The lowest BCUT2D eigenvalue weighted by atomic mass is 10.1. The molecule has 8 nitrogen and oxygen atoms in total. The molecule has 1 heterocycles. The quantitative estimate of drug-likeness (QED) is 0.456. The maximum atomic E-state index is 13.7. The summed E-state index contributed by atoms with van der Waals surface area (Å²) in [6, 6.07) is 6.73. The van der Waals surface area contributed by atoms with Crippen molar-refractivity contribution in [3.05, 3.63) is 77.0 Å². The second kappa shape index (κ2) is 10.9. The van der Waals surface area contributed by atoms with Gasteiger partial charge in [-0.25, -0.2) is 34.7 Å². The Hall–Kier alpha value is -2.74. The maximum Gasteiger partial charge on any atom is 0.243 e. The second-order valence-electron chi connectivity index (χ2n) is 8.03. The van der Waals surface area contributed by atoms with E-state index in [9.17, 15) is 34.8 Å². The summed E-state index contributed by atoms with van der Waals surface area (Å²) in [5.41, 5.74) is 0.283. The molecule has 35 heavy (non-hydrogen) atoms. The average Bonchev–Trinajstić information content (AvgIpc) is 3.30. The zero-order valence-electron chi connectivity index (χ0n) is 18.5. The number of nitrogens with one attached hydrogen (secondary N) is 2. The molecule has 1 amide bonds. The molecule has 1 saturated heterocycles. The van der Waals surface area contributed by atoms with Crippen LogP contribution in [0.4, 0.5) is 13.2 Å². The molecular formula is C22H24F3N3O5S2. The van der Waals surface area contributed by atoms with E-state index in [2.05, 4.69) is 16.6 Å². The molecule has 13 heteroatoms. The van der Waals surface area contributed by atoms with Crippen LogP contribution in [0.5, 0.6) is 0 Å². The van der Waals surface area contributed by atoms with E-state index in [1.54, 1.807) is 0 Å². The number of hydrogen-bond acceptors (Lipinski definition) is 5. The summed E-state index contributed by atoms with van der Waals surface area (Å²) in [6.07, 6.45) is 0.358. The van der Waals surface area contributed by atoms with Gasteiger partial charge in [-0.05, 0) is 36.1 Å². The summed E-state index contributed by atoms with van der Waals surface area (Å²) < 4.78 is 92.4. The van der Waals surface area contributed by atoms with Crippen molar-refractivity contribution in [2.75, 3.05) is 19.6 Å². The van der Waals surface area contributed by atoms with Crippen LogP contribution in [-0.2, 0) is 37.8 Å². The van der Waals surface area contributed by atoms with Gasteiger partial charge in [0.1, 0.15) is 5.82 Å². The Morgan fingerprint density at radius 1 is 1.06 bits per heavy atom. The summed E-state index contributed by atoms with van der Waals surface area (Å²) in [5.74, 6) is -4.23. The van der Waals surface area contributed by atoms with Gasteiger partial charge in [-0.3, -0.25) is 4.79 Å². The highest BCUT2D eigenvalue weighted by molar-refractivity contribution is 7.92. The van der Waals surface area contributed by atoms with Gasteiger partial charge in [-0.15, -0.1) is 0 Å². The van der Waals surface area contributed by atoms with Crippen molar-refractivity contribution in [2.45, 2.75) is 24.3 Å². The van der Waals surface area contributed by atoms with E-state index in [0.717, 1.165) is 5.41 Å². The molecule has 0 bridgehead atoms. The monoisotopic (exact) mass is 531 g/mol. The maximum absolute atomic E-state index is 13.7. The van der Waals surface area contributed by atoms with Crippen LogP contribution in [0.3, 0.4) is 0 Å². The standard InChI is InChI=1S/C22H24F3N3O5S2/c1-2-34(30,31)27-12-16-7-8-28(14-16)35(32,33)18-5-3-15(4-6-18)9-22(29)26-13-17-10-20(24)21(25)11-19(17)23/h2-6,10-11,16,27H,1,7-9,12-14H2,(H,26,29)/t16-/m1/s1. The minimum Gasteiger partial charge on any atom is -0.352 e. The Morgan fingerprint density at radius 3 is 2.37 bits per heavy atom. The molecule has 0 aromatic heterocycles. The van der Waals surface area contributed by atoms with Crippen molar-refractivity contribution in [3.63, 3.8) is 0 Å². The smallest absolute Gasteiger partial charge is 0.243 e. The second-order valence-corrected chi connectivity index (χ2v) is 11.7. The van der Waals surface area contributed by atoms with Crippen molar-refractivity contribution in [1.29, 1.82) is 0 Å². The minimum atomic E-state index is -3.81. The van der Waals surface area contributed by atoms with E-state index in [0.29, 0.717) is 24.1 Å². The summed E-state index contributed by atoms with van der Waals surface area (Å²) in [4.78, 5) is 12.2. The predicted octanol–water partition coefficient (Wildman–Crippen LogP) is 2.04. The van der Waals surface area contributed by atoms with Crippen molar-refractivity contribution < 1.29 is 34.8 Å². The lowest BCUT2D eigenvalue weighted by molar-refractivity contribution is -0.120. The fraction of sp³-hybridized carbons (Fsp3) is 0.318. The van der Waals surface area contributed by atoms with Gasteiger partial charge in [0, 0.05) is 43.2 Å². The molecule has 1 fully saturated rings. The summed E-state index contributed by atoms with van der Waals surface area (Å²) >= 11 is 0. The van der Waals surface area contributed by atoms with Crippen LogP contribution in [-0.4, -0.2) is 46.7 Å². The molecule has 1 atom stereocenters. The van der Waals surface area contributed by atoms with Crippen molar-refractivity contribution >= 4 is 26.0 Å². The number of amides is 1. The largest absolute Gasteiger partial charge is 0.352 e. The zero-order chi connectivity index (χ0) is 25.8. The van der Waals surface area contributed by atoms with Crippen molar-refractivity contribution in [2.24, 2.45) is 5.92 Å². The third-order valence-corrected chi connectivity index (χ3v) is 8.42. The first-order valence-corrected chi connectivity index (χ1v) is 13.5. The van der Waals surface area contributed by atoms with Crippen molar-refractivity contribution in [3.8, 4) is 0 Å². The van der Waals surface area contributed by atoms with Gasteiger partial charge in [0.15, 0.2) is 11.6 Å². The molecule has 0 spiro atoms. The van der Waals surface area contributed by atoms with Crippen LogP contribution >= 0.6 is 0 Å². The first-order chi connectivity index (χ1) is 16.4. The van der Waals surface area contributed by atoms with E-state index in [-0.39, 0.29) is 49.0 Å². The minimum absolute atomic E-state index is 0.0258. The number of nitrogens with zero attached hydrogens (tertiary/aromatic N) is 1. The van der Waals surface area contributed by atoms with Crippen LogP contribution < -0.4 is 10.0 Å². The Balaban J connectivity index is 1.55. The first-order valence-electron chi connectivity index (χ1n) is 10.5. The molecule has 0 unspecified atom stereocenters. The SMILES string of the molecule is C=CS(=O)(=O)NC[C@H]1CCN(S(=O)(=O)c2ccc(CC(=O)NCc3cc(F)c(F)cc3F)cc2)C1. The topological polar surface area (TPSA) is 113 Å². The molecule has 190 valence electrons. The van der Waals surface area contributed by atoms with Crippen LogP contribution in [0, 0.1) is 23.4 Å². The molecule has 1 aliphatic rings. The molecule has 2 aromatic rings. The fourth-order valence-corrected chi connectivity index (χ4v) is 5.66.